The van der Waals surface area contributed by atoms with Crippen molar-refractivity contribution in [2.75, 3.05) is 19.8 Å². The lowest BCUT2D eigenvalue weighted by atomic mass is 9.98. The van der Waals surface area contributed by atoms with E-state index in [2.05, 4.69) is 5.32 Å². The highest BCUT2D eigenvalue weighted by atomic mass is 16.5. The standard InChI is InChI=1S/C14H19NO3/c1-2-18-13(16)14(8-9-17-11-14)15-10-12-6-4-3-5-7-12/h3-7,15H,2,8-11H2,1H3. The molecule has 1 aromatic carbocycles. The number of esters is 1. The molecule has 98 valence electrons. The van der Waals surface area contributed by atoms with E-state index in [9.17, 15) is 4.79 Å². The molecule has 4 heteroatoms. The van der Waals surface area contributed by atoms with Crippen molar-refractivity contribution in [2.45, 2.75) is 25.4 Å². The molecular weight excluding hydrogens is 230 g/mol. The molecule has 1 atom stereocenters. The van der Waals surface area contributed by atoms with E-state index < -0.39 is 5.54 Å². The minimum absolute atomic E-state index is 0.210. The Morgan fingerprint density at radius 1 is 1.44 bits per heavy atom. The van der Waals surface area contributed by atoms with Crippen molar-refractivity contribution in [1.29, 1.82) is 0 Å². The SMILES string of the molecule is CCOC(=O)C1(NCc2ccccc2)CCOC1. The summed E-state index contributed by atoms with van der Waals surface area (Å²) in [6.07, 6.45) is 0.665. The normalized spacial score (nSPS) is 22.9. The van der Waals surface area contributed by atoms with Crippen molar-refractivity contribution in [3.05, 3.63) is 35.9 Å². The fourth-order valence-electron chi connectivity index (χ4n) is 2.07. The van der Waals surface area contributed by atoms with Crippen LogP contribution in [0.5, 0.6) is 0 Å². The van der Waals surface area contributed by atoms with Gasteiger partial charge in [0.2, 0.25) is 0 Å². The lowest BCUT2D eigenvalue weighted by Gasteiger charge is -2.26. The van der Waals surface area contributed by atoms with E-state index in [0.717, 1.165) is 5.56 Å². The molecule has 4 nitrogen and oxygen atoms in total. The maximum Gasteiger partial charge on any atom is 0.328 e. The summed E-state index contributed by atoms with van der Waals surface area (Å²) in [5, 5.41) is 3.30. The summed E-state index contributed by atoms with van der Waals surface area (Å²) in [5.41, 5.74) is 0.472. The molecule has 1 saturated heterocycles. The molecule has 2 rings (SSSR count). The first kappa shape index (κ1) is 13.1. The number of hydrogen-bond donors (Lipinski definition) is 1. The van der Waals surface area contributed by atoms with Crippen molar-refractivity contribution in [3.63, 3.8) is 0 Å². The van der Waals surface area contributed by atoms with E-state index in [-0.39, 0.29) is 5.97 Å². The number of carbonyl (C=O) groups is 1. The molecule has 0 aliphatic carbocycles. The molecule has 1 fully saturated rings. The Balaban J connectivity index is 2.00. The number of hydrogen-bond acceptors (Lipinski definition) is 4. The number of ether oxygens (including phenoxy) is 2. The molecule has 0 amide bonds. The predicted molar refractivity (Wildman–Crippen MR) is 68.1 cm³/mol. The van der Waals surface area contributed by atoms with E-state index in [0.29, 0.717) is 32.8 Å². The van der Waals surface area contributed by atoms with Gasteiger partial charge in [0.15, 0.2) is 0 Å². The largest absolute Gasteiger partial charge is 0.465 e. The highest BCUT2D eigenvalue weighted by Crippen LogP contribution is 2.21. The maximum absolute atomic E-state index is 12.0. The van der Waals surface area contributed by atoms with Crippen molar-refractivity contribution in [3.8, 4) is 0 Å². The number of nitrogens with one attached hydrogen (secondary N) is 1. The van der Waals surface area contributed by atoms with E-state index in [1.54, 1.807) is 0 Å². The highest BCUT2D eigenvalue weighted by Gasteiger charge is 2.43. The third-order valence-electron chi connectivity index (χ3n) is 3.16. The van der Waals surface area contributed by atoms with Crippen LogP contribution in [0.15, 0.2) is 30.3 Å². The quantitative estimate of drug-likeness (QED) is 0.803. The van der Waals surface area contributed by atoms with Crippen LogP contribution in [0.3, 0.4) is 0 Å². The Kier molecular flexibility index (Phi) is 4.33. The van der Waals surface area contributed by atoms with Crippen LogP contribution in [0.25, 0.3) is 0 Å². The van der Waals surface area contributed by atoms with Crippen molar-refractivity contribution in [1.82, 2.24) is 5.32 Å². The average molecular weight is 249 g/mol. The first-order chi connectivity index (χ1) is 8.77. The molecule has 1 N–H and O–H groups in total. The van der Waals surface area contributed by atoms with Gasteiger partial charge in [-0.05, 0) is 12.5 Å². The van der Waals surface area contributed by atoms with Gasteiger partial charge in [0, 0.05) is 19.6 Å². The van der Waals surface area contributed by atoms with Crippen molar-refractivity contribution >= 4 is 5.97 Å². The lowest BCUT2D eigenvalue weighted by Crippen LogP contribution is -2.53. The highest BCUT2D eigenvalue weighted by molar-refractivity contribution is 5.81. The fourth-order valence-corrected chi connectivity index (χ4v) is 2.07. The molecule has 0 spiro atoms. The van der Waals surface area contributed by atoms with Gasteiger partial charge in [-0.2, -0.15) is 0 Å². The Labute approximate surface area is 107 Å². The zero-order valence-corrected chi connectivity index (χ0v) is 10.6. The maximum atomic E-state index is 12.0. The van der Waals surface area contributed by atoms with E-state index in [1.165, 1.54) is 0 Å². The van der Waals surface area contributed by atoms with Crippen LogP contribution in [-0.2, 0) is 20.8 Å². The minimum Gasteiger partial charge on any atom is -0.465 e. The minimum atomic E-state index is -0.675. The topological polar surface area (TPSA) is 47.6 Å². The second-order valence-corrected chi connectivity index (χ2v) is 4.44. The van der Waals surface area contributed by atoms with Crippen LogP contribution < -0.4 is 5.32 Å². The van der Waals surface area contributed by atoms with E-state index >= 15 is 0 Å². The summed E-state index contributed by atoms with van der Waals surface area (Å²) in [6, 6.07) is 10.0. The Morgan fingerprint density at radius 2 is 2.22 bits per heavy atom. The van der Waals surface area contributed by atoms with Crippen LogP contribution in [0.1, 0.15) is 18.9 Å². The van der Waals surface area contributed by atoms with Crippen LogP contribution in [0.4, 0.5) is 0 Å². The van der Waals surface area contributed by atoms with Gasteiger partial charge in [-0.15, -0.1) is 0 Å². The van der Waals surface area contributed by atoms with Gasteiger partial charge in [0.05, 0.1) is 13.2 Å². The van der Waals surface area contributed by atoms with Gasteiger partial charge >= 0.3 is 5.97 Å². The van der Waals surface area contributed by atoms with Gasteiger partial charge < -0.3 is 9.47 Å². The zero-order chi connectivity index (χ0) is 12.8. The summed E-state index contributed by atoms with van der Waals surface area (Å²) >= 11 is 0. The molecule has 1 unspecified atom stereocenters. The first-order valence-electron chi connectivity index (χ1n) is 6.31. The van der Waals surface area contributed by atoms with Gasteiger partial charge in [-0.1, -0.05) is 30.3 Å². The predicted octanol–water partition coefficient (Wildman–Crippen LogP) is 1.50. The third kappa shape index (κ3) is 2.89. The van der Waals surface area contributed by atoms with Gasteiger partial charge in [-0.25, -0.2) is 4.79 Å². The summed E-state index contributed by atoms with van der Waals surface area (Å²) in [6.45, 7) is 3.84. The van der Waals surface area contributed by atoms with Crippen LogP contribution in [0, 0.1) is 0 Å². The molecule has 1 heterocycles. The van der Waals surface area contributed by atoms with Crippen LogP contribution in [0.2, 0.25) is 0 Å². The van der Waals surface area contributed by atoms with Gasteiger partial charge in [0.1, 0.15) is 5.54 Å². The molecule has 0 saturated carbocycles. The Morgan fingerprint density at radius 3 is 2.83 bits per heavy atom. The van der Waals surface area contributed by atoms with Gasteiger partial charge in [0.25, 0.3) is 0 Å². The molecule has 18 heavy (non-hydrogen) atoms. The van der Waals surface area contributed by atoms with Crippen molar-refractivity contribution in [2.24, 2.45) is 0 Å². The molecule has 0 bridgehead atoms. The lowest BCUT2D eigenvalue weighted by molar-refractivity contribution is -0.151. The van der Waals surface area contributed by atoms with Crippen LogP contribution in [-0.4, -0.2) is 31.3 Å². The second-order valence-electron chi connectivity index (χ2n) is 4.44. The first-order valence-corrected chi connectivity index (χ1v) is 6.31. The molecular formula is C14H19NO3. The molecule has 0 aromatic heterocycles. The van der Waals surface area contributed by atoms with E-state index in [4.69, 9.17) is 9.47 Å². The monoisotopic (exact) mass is 249 g/mol. The summed E-state index contributed by atoms with van der Waals surface area (Å²) < 4.78 is 10.5. The molecule has 1 aliphatic heterocycles. The second kappa shape index (κ2) is 5.98. The Bertz CT molecular complexity index is 385. The average Bonchev–Trinajstić information content (AvgIpc) is 2.88. The van der Waals surface area contributed by atoms with Crippen molar-refractivity contribution < 1.29 is 14.3 Å². The number of carbonyl (C=O) groups excluding carboxylic acids is 1. The molecule has 1 aromatic rings. The zero-order valence-electron chi connectivity index (χ0n) is 10.6. The molecule has 1 aliphatic rings. The smallest absolute Gasteiger partial charge is 0.328 e. The molecule has 0 radical (unpaired) electrons. The summed E-state index contributed by atoms with van der Waals surface area (Å²) in [4.78, 5) is 12.0. The fraction of sp³-hybridized carbons (Fsp3) is 0.500. The Hall–Kier alpha value is -1.39. The number of rotatable bonds is 5. The summed E-state index contributed by atoms with van der Waals surface area (Å²) in [5.74, 6) is -0.210. The third-order valence-corrected chi connectivity index (χ3v) is 3.16. The van der Waals surface area contributed by atoms with Gasteiger partial charge in [-0.3, -0.25) is 5.32 Å². The van der Waals surface area contributed by atoms with E-state index in [1.807, 2.05) is 37.3 Å². The van der Waals surface area contributed by atoms with Crippen LogP contribution >= 0.6 is 0 Å². The summed E-state index contributed by atoms with van der Waals surface area (Å²) in [7, 11) is 0. The number of benzene rings is 1.